The molecule has 5 aromatic rings. The molecule has 0 spiro atoms. The monoisotopic (exact) mass is 510 g/mol. The number of hydrogen-bond donors (Lipinski definition) is 3. The second-order valence-electron chi connectivity index (χ2n) is 9.38. The molecule has 3 aromatic heterocycles. The van der Waals surface area contributed by atoms with Crippen LogP contribution in [0.2, 0.25) is 0 Å². The SMILES string of the molecule is O=C(Nc1nnn[nH]1)c1cc2[nH]c(-c3ccc(OCc4ccccc4)cc3)c(C3CCCCC3)c(=O)n2n1. The molecule has 0 unspecified atom stereocenters. The third-order valence-electron chi connectivity index (χ3n) is 6.87. The van der Waals surface area contributed by atoms with E-state index in [4.69, 9.17) is 4.74 Å². The van der Waals surface area contributed by atoms with Gasteiger partial charge in [0.1, 0.15) is 18.0 Å². The average Bonchev–Trinajstić information content (AvgIpc) is 3.64. The molecular formula is C27H26N8O3. The number of hydrogen-bond acceptors (Lipinski definition) is 7. The third kappa shape index (κ3) is 4.77. The van der Waals surface area contributed by atoms with Gasteiger partial charge >= 0.3 is 0 Å². The number of H-pyrrole nitrogens is 2. The smallest absolute Gasteiger partial charge is 0.278 e. The molecule has 0 saturated heterocycles. The van der Waals surface area contributed by atoms with E-state index in [1.165, 1.54) is 10.9 Å². The molecular weight excluding hydrogens is 484 g/mol. The van der Waals surface area contributed by atoms with Crippen molar-refractivity contribution >= 4 is 17.5 Å². The zero-order chi connectivity index (χ0) is 25.9. The second-order valence-corrected chi connectivity index (χ2v) is 9.38. The van der Waals surface area contributed by atoms with Crippen LogP contribution in [0.3, 0.4) is 0 Å². The Morgan fingerprint density at radius 3 is 2.58 bits per heavy atom. The average molecular weight is 511 g/mol. The van der Waals surface area contributed by atoms with Gasteiger partial charge in [-0.25, -0.2) is 5.10 Å². The molecule has 1 amide bonds. The van der Waals surface area contributed by atoms with Crippen molar-refractivity contribution in [1.29, 1.82) is 0 Å². The van der Waals surface area contributed by atoms with Crippen LogP contribution in [0, 0.1) is 0 Å². The summed E-state index contributed by atoms with van der Waals surface area (Å²) in [7, 11) is 0. The Morgan fingerprint density at radius 1 is 1.05 bits per heavy atom. The van der Waals surface area contributed by atoms with E-state index in [9.17, 15) is 9.59 Å². The summed E-state index contributed by atoms with van der Waals surface area (Å²) < 4.78 is 7.23. The van der Waals surface area contributed by atoms with Crippen molar-refractivity contribution in [1.82, 2.24) is 35.2 Å². The summed E-state index contributed by atoms with van der Waals surface area (Å²) in [6, 6.07) is 19.3. The van der Waals surface area contributed by atoms with E-state index < -0.39 is 5.91 Å². The van der Waals surface area contributed by atoms with E-state index in [0.717, 1.165) is 48.3 Å². The predicted octanol–water partition coefficient (Wildman–Crippen LogP) is 4.08. The quantitative estimate of drug-likeness (QED) is 0.299. The van der Waals surface area contributed by atoms with Crippen molar-refractivity contribution in [3.63, 3.8) is 0 Å². The van der Waals surface area contributed by atoms with Gasteiger partial charge in [0.05, 0.1) is 5.69 Å². The maximum atomic E-state index is 13.8. The lowest BCUT2D eigenvalue weighted by Crippen LogP contribution is -2.25. The van der Waals surface area contributed by atoms with E-state index in [1.54, 1.807) is 6.07 Å². The van der Waals surface area contributed by atoms with Gasteiger partial charge in [-0.15, -0.1) is 0 Å². The van der Waals surface area contributed by atoms with Crippen molar-refractivity contribution in [2.75, 3.05) is 5.32 Å². The number of anilines is 1. The van der Waals surface area contributed by atoms with Crippen LogP contribution in [0.4, 0.5) is 5.95 Å². The third-order valence-corrected chi connectivity index (χ3v) is 6.87. The van der Waals surface area contributed by atoms with Crippen LogP contribution in [0.25, 0.3) is 16.9 Å². The van der Waals surface area contributed by atoms with E-state index in [1.807, 2.05) is 54.6 Å². The molecule has 1 aliphatic carbocycles. The molecule has 1 saturated carbocycles. The number of carbonyl (C=O) groups is 1. The number of aromatic nitrogens is 7. The first kappa shape index (κ1) is 23.6. The molecule has 3 heterocycles. The number of nitrogens with one attached hydrogen (secondary N) is 3. The first-order valence-corrected chi connectivity index (χ1v) is 12.6. The molecule has 1 fully saturated rings. The summed E-state index contributed by atoms with van der Waals surface area (Å²) in [5.41, 5.74) is 3.69. The molecule has 1 aliphatic rings. The maximum absolute atomic E-state index is 13.8. The number of rotatable bonds is 7. The van der Waals surface area contributed by atoms with Crippen LogP contribution in [-0.4, -0.2) is 41.1 Å². The first-order chi connectivity index (χ1) is 18.7. The minimum atomic E-state index is -0.527. The van der Waals surface area contributed by atoms with E-state index >= 15 is 0 Å². The standard InChI is InChI=1S/C27H26N8O3/c36-25(29-27-30-33-34-31-27)21-15-22-28-24(23(26(37)35(22)32-21)18-9-5-2-6-10-18)19-11-13-20(14-12-19)38-16-17-7-3-1-4-8-17/h1,3-4,7-8,11-15,18,28H,2,5-6,9-10,16H2,(H2,29,30,31,33,34,36). The summed E-state index contributed by atoms with van der Waals surface area (Å²) in [6.45, 7) is 0.473. The maximum Gasteiger partial charge on any atom is 0.278 e. The largest absolute Gasteiger partial charge is 0.489 e. The molecule has 38 heavy (non-hydrogen) atoms. The Hall–Kier alpha value is -4.80. The molecule has 0 bridgehead atoms. The fourth-order valence-electron chi connectivity index (χ4n) is 4.99. The number of nitrogens with zero attached hydrogens (tertiary/aromatic N) is 5. The van der Waals surface area contributed by atoms with Crippen molar-refractivity contribution in [2.24, 2.45) is 0 Å². The number of tetrazole rings is 1. The van der Waals surface area contributed by atoms with Gasteiger partial charge in [-0.05, 0) is 64.6 Å². The van der Waals surface area contributed by atoms with Gasteiger partial charge in [0.15, 0.2) is 5.69 Å². The number of amides is 1. The zero-order valence-electron chi connectivity index (χ0n) is 20.6. The van der Waals surface area contributed by atoms with Gasteiger partial charge in [-0.3, -0.25) is 14.9 Å². The van der Waals surface area contributed by atoms with Gasteiger partial charge < -0.3 is 9.72 Å². The summed E-state index contributed by atoms with van der Waals surface area (Å²) in [4.78, 5) is 29.9. The molecule has 3 N–H and O–H groups in total. The van der Waals surface area contributed by atoms with Gasteiger partial charge in [-0.1, -0.05) is 54.7 Å². The molecule has 192 valence electrons. The van der Waals surface area contributed by atoms with Crippen molar-refractivity contribution < 1.29 is 9.53 Å². The summed E-state index contributed by atoms with van der Waals surface area (Å²) >= 11 is 0. The fourth-order valence-corrected chi connectivity index (χ4v) is 4.99. The number of fused-ring (bicyclic) bond motifs is 1. The normalized spacial score (nSPS) is 14.0. The minimum absolute atomic E-state index is 0.0751. The van der Waals surface area contributed by atoms with E-state index in [0.29, 0.717) is 17.8 Å². The van der Waals surface area contributed by atoms with Gasteiger partial charge in [0.2, 0.25) is 5.95 Å². The molecule has 0 aliphatic heterocycles. The van der Waals surface area contributed by atoms with Gasteiger partial charge in [0, 0.05) is 11.6 Å². The van der Waals surface area contributed by atoms with E-state index in [-0.39, 0.29) is 23.1 Å². The number of aromatic amines is 2. The second kappa shape index (κ2) is 10.3. The fraction of sp³-hybridized carbons (Fsp3) is 0.259. The van der Waals surface area contributed by atoms with Gasteiger partial charge in [0.25, 0.3) is 11.5 Å². The van der Waals surface area contributed by atoms with Crippen LogP contribution in [0.1, 0.15) is 59.6 Å². The summed E-state index contributed by atoms with van der Waals surface area (Å²) in [5.74, 6) is 0.422. The predicted molar refractivity (Wildman–Crippen MR) is 140 cm³/mol. The highest BCUT2D eigenvalue weighted by Gasteiger charge is 2.26. The zero-order valence-corrected chi connectivity index (χ0v) is 20.6. The topological polar surface area (TPSA) is 143 Å². The van der Waals surface area contributed by atoms with E-state index in [2.05, 4.69) is 36.0 Å². The Bertz CT molecular complexity index is 1600. The van der Waals surface area contributed by atoms with Crippen LogP contribution >= 0.6 is 0 Å². The first-order valence-electron chi connectivity index (χ1n) is 12.6. The van der Waals surface area contributed by atoms with Crippen molar-refractivity contribution in [3.8, 4) is 17.0 Å². The number of ether oxygens (including phenoxy) is 1. The molecule has 2 aromatic carbocycles. The number of carbonyl (C=O) groups excluding carboxylic acids is 1. The van der Waals surface area contributed by atoms with Crippen LogP contribution in [0.5, 0.6) is 5.75 Å². The van der Waals surface area contributed by atoms with Crippen LogP contribution in [0.15, 0.2) is 65.5 Å². The lowest BCUT2D eigenvalue weighted by molar-refractivity contribution is 0.102. The lowest BCUT2D eigenvalue weighted by Gasteiger charge is -2.23. The molecule has 0 atom stereocenters. The van der Waals surface area contributed by atoms with Crippen molar-refractivity contribution in [2.45, 2.75) is 44.6 Å². The van der Waals surface area contributed by atoms with Crippen LogP contribution in [-0.2, 0) is 6.61 Å². The Morgan fingerprint density at radius 2 is 1.84 bits per heavy atom. The summed E-state index contributed by atoms with van der Waals surface area (Å²) in [6.07, 6.45) is 5.19. The van der Waals surface area contributed by atoms with Gasteiger partial charge in [-0.2, -0.15) is 9.61 Å². The highest BCUT2D eigenvalue weighted by Crippen LogP contribution is 2.36. The summed E-state index contributed by atoms with van der Waals surface area (Å²) in [5, 5.41) is 19.9. The highest BCUT2D eigenvalue weighted by molar-refractivity contribution is 6.02. The van der Waals surface area contributed by atoms with Crippen molar-refractivity contribution in [3.05, 3.63) is 87.8 Å². The Kier molecular flexibility index (Phi) is 6.39. The lowest BCUT2D eigenvalue weighted by atomic mass is 9.83. The molecule has 6 rings (SSSR count). The number of benzene rings is 2. The molecule has 0 radical (unpaired) electrons. The Balaban J connectivity index is 1.35. The molecule has 11 heteroatoms. The Labute approximate surface area is 217 Å². The highest BCUT2D eigenvalue weighted by atomic mass is 16.5. The minimum Gasteiger partial charge on any atom is -0.489 e. The molecule has 11 nitrogen and oxygen atoms in total. The van der Waals surface area contributed by atoms with Crippen LogP contribution < -0.4 is 15.6 Å².